The minimum atomic E-state index is -0.681. The van der Waals surface area contributed by atoms with Gasteiger partial charge in [0.05, 0.1) is 20.0 Å². The third-order valence-corrected chi connectivity index (χ3v) is 4.82. The van der Waals surface area contributed by atoms with Crippen molar-refractivity contribution in [3.05, 3.63) is 30.0 Å². The van der Waals surface area contributed by atoms with Gasteiger partial charge in [-0.1, -0.05) is 6.07 Å². The number of aromatic amines is 1. The first-order valence-corrected chi connectivity index (χ1v) is 8.36. The first kappa shape index (κ1) is 15.7. The summed E-state index contributed by atoms with van der Waals surface area (Å²) in [6.45, 7) is 0. The predicted molar refractivity (Wildman–Crippen MR) is 90.0 cm³/mol. The summed E-state index contributed by atoms with van der Waals surface area (Å²) in [5, 5.41) is 3.17. The molecule has 1 aromatic carbocycles. The van der Waals surface area contributed by atoms with Gasteiger partial charge in [-0.05, 0) is 30.5 Å². The fourth-order valence-electron chi connectivity index (χ4n) is 3.53. The number of benzene rings is 1. The molecule has 7 heteroatoms. The average Bonchev–Trinajstić information content (AvgIpc) is 3.25. The summed E-state index contributed by atoms with van der Waals surface area (Å²) < 4.78 is 5.41. The molecular weight excluding hydrogens is 322 g/mol. The number of hydrogen-bond acceptors (Lipinski definition) is 4. The lowest BCUT2D eigenvalue weighted by Gasteiger charge is -2.26. The van der Waals surface area contributed by atoms with E-state index in [2.05, 4.69) is 10.3 Å². The molecule has 1 unspecified atom stereocenters. The second kappa shape index (κ2) is 5.91. The lowest BCUT2D eigenvalue weighted by molar-refractivity contribution is -0.139. The molecule has 1 saturated heterocycles. The van der Waals surface area contributed by atoms with Gasteiger partial charge in [0.25, 0.3) is 0 Å². The number of methoxy groups -OCH3 is 1. The van der Waals surface area contributed by atoms with Gasteiger partial charge in [0.15, 0.2) is 0 Å². The zero-order valence-electron chi connectivity index (χ0n) is 13.9. The molecule has 0 spiro atoms. The average molecular weight is 341 g/mol. The molecular formula is C18H19N3O4. The van der Waals surface area contributed by atoms with Crippen LogP contribution in [-0.2, 0) is 20.8 Å². The number of ether oxygens (including phenoxy) is 1. The number of imide groups is 1. The van der Waals surface area contributed by atoms with Crippen molar-refractivity contribution >= 4 is 28.6 Å². The molecule has 1 aromatic heterocycles. The molecule has 2 fully saturated rings. The number of H-pyrrole nitrogens is 1. The third-order valence-electron chi connectivity index (χ3n) is 4.82. The Morgan fingerprint density at radius 2 is 2.12 bits per heavy atom. The molecule has 1 saturated carbocycles. The maximum Gasteiger partial charge on any atom is 0.249 e. The highest BCUT2D eigenvalue weighted by Gasteiger charge is 2.44. The Hall–Kier alpha value is -2.83. The van der Waals surface area contributed by atoms with E-state index in [0.29, 0.717) is 5.75 Å². The lowest BCUT2D eigenvalue weighted by atomic mass is 10.1. The number of hydrogen-bond donors (Lipinski definition) is 2. The maximum absolute atomic E-state index is 13.0. The number of aromatic nitrogens is 1. The van der Waals surface area contributed by atoms with Crippen LogP contribution in [0.3, 0.4) is 0 Å². The van der Waals surface area contributed by atoms with Crippen LogP contribution in [0, 0.1) is 0 Å². The van der Waals surface area contributed by atoms with Gasteiger partial charge < -0.3 is 14.6 Å². The third kappa shape index (κ3) is 2.75. The number of carbonyl (C=O) groups is 3. The first-order valence-electron chi connectivity index (χ1n) is 8.36. The fourth-order valence-corrected chi connectivity index (χ4v) is 3.53. The van der Waals surface area contributed by atoms with Crippen LogP contribution in [0.4, 0.5) is 0 Å². The van der Waals surface area contributed by atoms with E-state index in [9.17, 15) is 14.4 Å². The van der Waals surface area contributed by atoms with Crippen molar-refractivity contribution in [1.29, 1.82) is 0 Å². The SMILES string of the molecule is COc1cccc2[nH]cc(CC(=O)N(C3CC3)C3CC(=O)NC3=O)c12. The summed E-state index contributed by atoms with van der Waals surface area (Å²) in [4.78, 5) is 41.3. The van der Waals surface area contributed by atoms with Crippen molar-refractivity contribution in [2.24, 2.45) is 0 Å². The van der Waals surface area contributed by atoms with Gasteiger partial charge in [-0.25, -0.2) is 0 Å². The van der Waals surface area contributed by atoms with Gasteiger partial charge in [-0.2, -0.15) is 0 Å². The van der Waals surface area contributed by atoms with Crippen LogP contribution in [0.5, 0.6) is 5.75 Å². The molecule has 2 N–H and O–H groups in total. The second-order valence-corrected chi connectivity index (χ2v) is 6.54. The Balaban J connectivity index is 1.62. The Morgan fingerprint density at radius 3 is 2.76 bits per heavy atom. The highest BCUT2D eigenvalue weighted by atomic mass is 16.5. The van der Waals surface area contributed by atoms with Crippen LogP contribution in [0.1, 0.15) is 24.8 Å². The van der Waals surface area contributed by atoms with Crippen LogP contribution in [0.25, 0.3) is 10.9 Å². The molecule has 0 bridgehead atoms. The van der Waals surface area contributed by atoms with E-state index in [-0.39, 0.29) is 36.6 Å². The van der Waals surface area contributed by atoms with Gasteiger partial charge >= 0.3 is 0 Å². The number of carbonyl (C=O) groups excluding carboxylic acids is 3. The van der Waals surface area contributed by atoms with E-state index in [4.69, 9.17) is 4.74 Å². The van der Waals surface area contributed by atoms with Gasteiger partial charge in [-0.3, -0.25) is 19.7 Å². The Morgan fingerprint density at radius 1 is 1.32 bits per heavy atom. The molecule has 2 aromatic rings. The molecule has 2 aliphatic rings. The van der Waals surface area contributed by atoms with E-state index in [1.165, 1.54) is 0 Å². The van der Waals surface area contributed by atoms with Crippen LogP contribution < -0.4 is 10.1 Å². The van der Waals surface area contributed by atoms with Crippen molar-refractivity contribution in [3.8, 4) is 5.75 Å². The molecule has 1 aliphatic carbocycles. The normalized spacial score (nSPS) is 20.0. The minimum Gasteiger partial charge on any atom is -0.496 e. The van der Waals surface area contributed by atoms with Gasteiger partial charge in [0.1, 0.15) is 11.8 Å². The summed E-state index contributed by atoms with van der Waals surface area (Å²) in [5.74, 6) is -0.124. The molecule has 7 nitrogen and oxygen atoms in total. The number of nitrogens with zero attached hydrogens (tertiary/aromatic N) is 1. The number of fused-ring (bicyclic) bond motifs is 1. The summed E-state index contributed by atoms with van der Waals surface area (Å²) in [6.07, 6.45) is 3.77. The van der Waals surface area contributed by atoms with Crippen LogP contribution in [0.2, 0.25) is 0 Å². The van der Waals surface area contributed by atoms with Crippen LogP contribution in [0.15, 0.2) is 24.4 Å². The largest absolute Gasteiger partial charge is 0.496 e. The zero-order valence-corrected chi connectivity index (χ0v) is 13.9. The van der Waals surface area contributed by atoms with Gasteiger partial charge in [-0.15, -0.1) is 0 Å². The number of rotatable bonds is 5. The molecule has 130 valence electrons. The van der Waals surface area contributed by atoms with Crippen molar-refractivity contribution in [1.82, 2.24) is 15.2 Å². The summed E-state index contributed by atoms with van der Waals surface area (Å²) >= 11 is 0. The highest BCUT2D eigenvalue weighted by Crippen LogP contribution is 2.33. The van der Waals surface area contributed by atoms with E-state index in [0.717, 1.165) is 29.3 Å². The minimum absolute atomic E-state index is 0.0538. The quantitative estimate of drug-likeness (QED) is 0.798. The van der Waals surface area contributed by atoms with Crippen molar-refractivity contribution in [2.75, 3.05) is 7.11 Å². The predicted octanol–water partition coefficient (Wildman–Crippen LogP) is 1.13. The molecule has 1 aliphatic heterocycles. The standard InChI is InChI=1S/C18H19N3O4/c1-25-14-4-2-3-12-17(14)10(9-19-12)7-16(23)21(11-5-6-11)13-8-15(22)20-18(13)24/h2-4,9,11,13,19H,5-8H2,1H3,(H,20,22,24). The lowest BCUT2D eigenvalue weighted by Crippen LogP contribution is -2.46. The molecule has 0 radical (unpaired) electrons. The van der Waals surface area contributed by atoms with Crippen molar-refractivity contribution < 1.29 is 19.1 Å². The molecule has 25 heavy (non-hydrogen) atoms. The second-order valence-electron chi connectivity index (χ2n) is 6.54. The first-order chi connectivity index (χ1) is 12.1. The van der Waals surface area contributed by atoms with Crippen LogP contribution >= 0.6 is 0 Å². The maximum atomic E-state index is 13.0. The fraction of sp³-hybridized carbons (Fsp3) is 0.389. The Kier molecular flexibility index (Phi) is 3.71. The zero-order chi connectivity index (χ0) is 17.6. The van der Waals surface area contributed by atoms with Gasteiger partial charge in [0.2, 0.25) is 17.7 Å². The smallest absolute Gasteiger partial charge is 0.249 e. The van der Waals surface area contributed by atoms with E-state index in [1.54, 1.807) is 18.2 Å². The summed E-state index contributed by atoms with van der Waals surface area (Å²) in [5.41, 5.74) is 1.72. The molecule has 3 amide bonds. The Labute approximate surface area is 144 Å². The van der Waals surface area contributed by atoms with E-state index < -0.39 is 6.04 Å². The van der Waals surface area contributed by atoms with Crippen molar-refractivity contribution in [3.63, 3.8) is 0 Å². The molecule has 2 heterocycles. The topological polar surface area (TPSA) is 91.5 Å². The van der Waals surface area contributed by atoms with E-state index in [1.807, 2.05) is 18.2 Å². The molecule has 1 atom stereocenters. The number of nitrogens with one attached hydrogen (secondary N) is 2. The number of amides is 3. The highest BCUT2D eigenvalue weighted by molar-refractivity contribution is 6.07. The van der Waals surface area contributed by atoms with Crippen molar-refractivity contribution in [2.45, 2.75) is 37.8 Å². The van der Waals surface area contributed by atoms with Crippen LogP contribution in [-0.4, -0.2) is 46.8 Å². The summed E-state index contributed by atoms with van der Waals surface area (Å²) in [7, 11) is 1.60. The molecule has 4 rings (SSSR count). The Bertz CT molecular complexity index is 868. The van der Waals surface area contributed by atoms with E-state index >= 15 is 0 Å². The van der Waals surface area contributed by atoms with Gasteiger partial charge in [0, 0.05) is 23.1 Å². The monoisotopic (exact) mass is 341 g/mol. The summed E-state index contributed by atoms with van der Waals surface area (Å²) in [6, 6.07) is 5.04.